The number of nitrogens with one attached hydrogen (secondary N) is 1. The minimum Gasteiger partial charge on any atom is -0.493 e. The lowest BCUT2D eigenvalue weighted by Gasteiger charge is -2.31. The Bertz CT molecular complexity index is 380. The monoisotopic (exact) mass is 201 g/mol. The highest BCUT2D eigenvalue weighted by atomic mass is 16.5. The zero-order valence-electron chi connectivity index (χ0n) is 8.86. The molecule has 0 saturated heterocycles. The van der Waals surface area contributed by atoms with Gasteiger partial charge in [-0.05, 0) is 6.07 Å². The van der Waals surface area contributed by atoms with Crippen LogP contribution in [-0.4, -0.2) is 13.2 Å². The molecule has 0 fully saturated rings. The lowest BCUT2D eigenvalue weighted by molar-refractivity contribution is 0.191. The third-order valence-corrected chi connectivity index (χ3v) is 2.75. The smallest absolute Gasteiger partial charge is 0.124 e. The fraction of sp³-hybridized carbons (Fsp3) is 0.385. The summed E-state index contributed by atoms with van der Waals surface area (Å²) >= 11 is 0. The minimum absolute atomic E-state index is 0.311. The summed E-state index contributed by atoms with van der Waals surface area (Å²) < 4.78 is 5.65. The summed E-state index contributed by atoms with van der Waals surface area (Å²) in [7, 11) is 0. The molecule has 0 radical (unpaired) electrons. The van der Waals surface area contributed by atoms with Crippen molar-refractivity contribution in [1.29, 1.82) is 0 Å². The third-order valence-electron chi connectivity index (χ3n) is 2.75. The van der Waals surface area contributed by atoms with Gasteiger partial charge in [0.15, 0.2) is 0 Å². The van der Waals surface area contributed by atoms with Crippen LogP contribution in [0.5, 0.6) is 5.75 Å². The van der Waals surface area contributed by atoms with E-state index in [4.69, 9.17) is 11.2 Å². The molecule has 0 bridgehead atoms. The standard InChI is InChI=1S/C13H15NO/c1-3-8-14-13-10(2)9-15-12-7-5-4-6-11(12)13/h1,4-7,10,13-14H,8-9H2,2H3. The molecule has 1 aliphatic rings. The Morgan fingerprint density at radius 3 is 3.13 bits per heavy atom. The molecule has 2 atom stereocenters. The molecule has 78 valence electrons. The Kier molecular flexibility index (Phi) is 2.94. The van der Waals surface area contributed by atoms with Crippen molar-refractivity contribution in [2.75, 3.05) is 13.2 Å². The Labute approximate surface area is 90.6 Å². The summed E-state index contributed by atoms with van der Waals surface area (Å²) in [5, 5.41) is 3.36. The molecule has 1 N–H and O–H groups in total. The molecule has 2 unspecified atom stereocenters. The maximum absolute atomic E-state index is 5.65. The first-order valence-electron chi connectivity index (χ1n) is 5.21. The first kappa shape index (κ1) is 10.1. The topological polar surface area (TPSA) is 21.3 Å². The van der Waals surface area contributed by atoms with Gasteiger partial charge in [0.2, 0.25) is 0 Å². The van der Waals surface area contributed by atoms with Crippen LogP contribution in [0.2, 0.25) is 0 Å². The number of hydrogen-bond donors (Lipinski definition) is 1. The molecule has 0 spiro atoms. The molecule has 0 aliphatic carbocycles. The second-order valence-corrected chi connectivity index (χ2v) is 3.89. The van der Waals surface area contributed by atoms with Gasteiger partial charge in [-0.3, -0.25) is 5.32 Å². The lowest BCUT2D eigenvalue weighted by atomic mass is 9.92. The molecule has 2 nitrogen and oxygen atoms in total. The second-order valence-electron chi connectivity index (χ2n) is 3.89. The summed E-state index contributed by atoms with van der Waals surface area (Å²) in [5.41, 5.74) is 1.21. The van der Waals surface area contributed by atoms with Gasteiger partial charge in [0, 0.05) is 17.5 Å². The zero-order valence-corrected chi connectivity index (χ0v) is 8.86. The summed E-state index contributed by atoms with van der Waals surface area (Å²) in [6.07, 6.45) is 5.27. The third kappa shape index (κ3) is 1.98. The van der Waals surface area contributed by atoms with E-state index in [1.165, 1.54) is 5.56 Å². The Hall–Kier alpha value is -1.46. The van der Waals surface area contributed by atoms with Crippen molar-refractivity contribution in [2.24, 2.45) is 5.92 Å². The fourth-order valence-electron chi connectivity index (χ4n) is 1.97. The predicted octanol–water partition coefficient (Wildman–Crippen LogP) is 1.98. The van der Waals surface area contributed by atoms with E-state index in [-0.39, 0.29) is 0 Å². The summed E-state index contributed by atoms with van der Waals surface area (Å²) in [6, 6.07) is 8.44. The van der Waals surface area contributed by atoms with Crippen LogP contribution in [0.1, 0.15) is 18.5 Å². The largest absolute Gasteiger partial charge is 0.493 e. The number of para-hydroxylation sites is 1. The van der Waals surface area contributed by atoms with Crippen molar-refractivity contribution in [2.45, 2.75) is 13.0 Å². The molecule has 1 aromatic rings. The second kappa shape index (κ2) is 4.37. The average Bonchev–Trinajstić information content (AvgIpc) is 2.28. The molecule has 15 heavy (non-hydrogen) atoms. The molecule has 1 aliphatic heterocycles. The van der Waals surface area contributed by atoms with Crippen LogP contribution in [-0.2, 0) is 0 Å². The van der Waals surface area contributed by atoms with E-state index in [0.29, 0.717) is 18.5 Å². The summed E-state index contributed by atoms with van der Waals surface area (Å²) in [5.74, 6) is 4.04. The lowest BCUT2D eigenvalue weighted by Crippen LogP contribution is -2.34. The quantitative estimate of drug-likeness (QED) is 0.739. The predicted molar refractivity (Wildman–Crippen MR) is 60.7 cm³/mol. The normalized spacial score (nSPS) is 23.7. The molecule has 1 heterocycles. The van der Waals surface area contributed by atoms with Crippen molar-refractivity contribution in [3.8, 4) is 18.1 Å². The van der Waals surface area contributed by atoms with Crippen molar-refractivity contribution >= 4 is 0 Å². The highest BCUT2D eigenvalue weighted by Gasteiger charge is 2.26. The van der Waals surface area contributed by atoms with Crippen LogP contribution >= 0.6 is 0 Å². The summed E-state index contributed by atoms with van der Waals surface area (Å²) in [6.45, 7) is 3.52. The number of benzene rings is 1. The van der Waals surface area contributed by atoms with Gasteiger partial charge in [-0.15, -0.1) is 6.42 Å². The molecule has 2 heteroatoms. The van der Waals surface area contributed by atoms with Crippen molar-refractivity contribution < 1.29 is 4.74 Å². The molecular formula is C13H15NO. The minimum atomic E-state index is 0.311. The van der Waals surface area contributed by atoms with Crippen LogP contribution in [0.4, 0.5) is 0 Å². The van der Waals surface area contributed by atoms with Gasteiger partial charge in [-0.2, -0.15) is 0 Å². The molecule has 0 amide bonds. The number of terminal acetylenes is 1. The maximum Gasteiger partial charge on any atom is 0.124 e. The number of hydrogen-bond acceptors (Lipinski definition) is 2. The van der Waals surface area contributed by atoms with Gasteiger partial charge in [0.05, 0.1) is 13.2 Å². The maximum atomic E-state index is 5.65. The van der Waals surface area contributed by atoms with Crippen LogP contribution in [0.15, 0.2) is 24.3 Å². The van der Waals surface area contributed by atoms with Crippen LogP contribution in [0.3, 0.4) is 0 Å². The van der Waals surface area contributed by atoms with Gasteiger partial charge in [-0.1, -0.05) is 31.0 Å². The van der Waals surface area contributed by atoms with E-state index in [9.17, 15) is 0 Å². The van der Waals surface area contributed by atoms with Crippen molar-refractivity contribution in [3.63, 3.8) is 0 Å². The molecular weight excluding hydrogens is 186 g/mol. The number of rotatable bonds is 2. The van der Waals surface area contributed by atoms with Crippen LogP contribution < -0.4 is 10.1 Å². The van der Waals surface area contributed by atoms with Crippen LogP contribution in [0.25, 0.3) is 0 Å². The number of fused-ring (bicyclic) bond motifs is 1. The zero-order chi connectivity index (χ0) is 10.7. The van der Waals surface area contributed by atoms with Gasteiger partial charge < -0.3 is 4.74 Å². The first-order valence-corrected chi connectivity index (χ1v) is 5.21. The van der Waals surface area contributed by atoms with E-state index in [0.717, 1.165) is 12.4 Å². The van der Waals surface area contributed by atoms with E-state index in [1.807, 2.05) is 18.2 Å². The molecule has 1 aromatic carbocycles. The van der Waals surface area contributed by atoms with Gasteiger partial charge in [-0.25, -0.2) is 0 Å². The van der Waals surface area contributed by atoms with E-state index in [2.05, 4.69) is 24.2 Å². The Morgan fingerprint density at radius 2 is 2.33 bits per heavy atom. The highest BCUT2D eigenvalue weighted by molar-refractivity contribution is 5.38. The fourth-order valence-corrected chi connectivity index (χ4v) is 1.97. The Balaban J connectivity index is 2.25. The molecule has 0 saturated carbocycles. The van der Waals surface area contributed by atoms with E-state index in [1.54, 1.807) is 0 Å². The highest BCUT2D eigenvalue weighted by Crippen LogP contribution is 2.34. The SMILES string of the molecule is C#CCNC1c2ccccc2OCC1C. The van der Waals surface area contributed by atoms with E-state index < -0.39 is 0 Å². The molecule has 0 aromatic heterocycles. The van der Waals surface area contributed by atoms with Crippen molar-refractivity contribution in [1.82, 2.24) is 5.32 Å². The van der Waals surface area contributed by atoms with Crippen LogP contribution in [0, 0.1) is 18.3 Å². The van der Waals surface area contributed by atoms with E-state index >= 15 is 0 Å². The Morgan fingerprint density at radius 1 is 1.53 bits per heavy atom. The van der Waals surface area contributed by atoms with Crippen molar-refractivity contribution in [3.05, 3.63) is 29.8 Å². The van der Waals surface area contributed by atoms with Gasteiger partial charge in [0.25, 0.3) is 0 Å². The van der Waals surface area contributed by atoms with Gasteiger partial charge in [0.1, 0.15) is 5.75 Å². The molecule has 2 rings (SSSR count). The average molecular weight is 201 g/mol. The number of ether oxygens (including phenoxy) is 1. The summed E-state index contributed by atoms with van der Waals surface area (Å²) in [4.78, 5) is 0. The van der Waals surface area contributed by atoms with Gasteiger partial charge >= 0.3 is 0 Å². The first-order chi connectivity index (χ1) is 7.33.